The number of fused-ring (bicyclic) bond motifs is 2. The van der Waals surface area contributed by atoms with Gasteiger partial charge in [-0.1, -0.05) is 106 Å². The van der Waals surface area contributed by atoms with Gasteiger partial charge in [-0.3, -0.25) is 0 Å². The van der Waals surface area contributed by atoms with Gasteiger partial charge in [-0.05, 0) is 79.4 Å². The molecule has 2 saturated carbocycles. The second kappa shape index (κ2) is 8.07. The summed E-state index contributed by atoms with van der Waals surface area (Å²) >= 11 is 0. The van der Waals surface area contributed by atoms with E-state index in [0.717, 1.165) is 5.46 Å². The number of rotatable bonds is 4. The van der Waals surface area contributed by atoms with Crippen LogP contribution >= 0.6 is 0 Å². The molecule has 3 aromatic rings. The van der Waals surface area contributed by atoms with Crippen molar-refractivity contribution in [1.82, 2.24) is 0 Å². The molecule has 3 aromatic carbocycles. The molecule has 0 N–H and O–H groups in total. The molecule has 3 fully saturated rings. The van der Waals surface area contributed by atoms with E-state index in [4.69, 9.17) is 9.31 Å². The van der Waals surface area contributed by atoms with Gasteiger partial charge in [0, 0.05) is 11.3 Å². The molecule has 4 atom stereocenters. The molecule has 4 unspecified atom stereocenters. The fourth-order valence-corrected chi connectivity index (χ4v) is 8.36. The molecule has 192 valence electrons. The molecule has 0 aromatic heterocycles. The van der Waals surface area contributed by atoms with Gasteiger partial charge in [-0.25, -0.2) is 0 Å². The highest BCUT2D eigenvalue weighted by Gasteiger charge is 2.74. The molecule has 2 aliphatic carbocycles. The normalized spacial score (nSPS) is 33.1. The fraction of sp³-hybridized carbons (Fsp3) is 0.471. The van der Waals surface area contributed by atoms with E-state index in [-0.39, 0.29) is 34.6 Å². The van der Waals surface area contributed by atoms with E-state index in [0.29, 0.717) is 11.8 Å². The van der Waals surface area contributed by atoms with Crippen LogP contribution in [0.5, 0.6) is 0 Å². The maximum atomic E-state index is 6.40. The molecule has 2 bridgehead atoms. The summed E-state index contributed by atoms with van der Waals surface area (Å²) in [4.78, 5) is 0. The minimum atomic E-state index is -0.345. The van der Waals surface area contributed by atoms with Gasteiger partial charge >= 0.3 is 7.12 Å². The number of hydrogen-bond acceptors (Lipinski definition) is 2. The Morgan fingerprint density at radius 2 is 1.16 bits per heavy atom. The standard InChI is InChI=1S/C34H41BO2/c1-30(2)28-22-23-33(30,7)34(25-16-12-9-13-17-25,29(28)24-14-10-8-11-15-24)26-18-20-27(21-19-26)35-36-31(3,4)32(5,6)37-35/h8-21,28-29H,22-23H2,1-7H3. The molecule has 3 heteroatoms. The van der Waals surface area contributed by atoms with Gasteiger partial charge < -0.3 is 9.31 Å². The van der Waals surface area contributed by atoms with Gasteiger partial charge in [-0.2, -0.15) is 0 Å². The molecule has 1 heterocycles. The third kappa shape index (κ3) is 3.20. The van der Waals surface area contributed by atoms with E-state index in [1.807, 2.05) is 0 Å². The third-order valence-corrected chi connectivity index (χ3v) is 11.3. The van der Waals surface area contributed by atoms with Gasteiger partial charge in [-0.15, -0.1) is 0 Å². The zero-order valence-electron chi connectivity index (χ0n) is 23.5. The summed E-state index contributed by atoms with van der Waals surface area (Å²) in [5.74, 6) is 1.02. The minimum absolute atomic E-state index is 0.110. The van der Waals surface area contributed by atoms with Crippen LogP contribution in [0, 0.1) is 16.7 Å². The Balaban J connectivity index is 1.54. The Kier molecular flexibility index (Phi) is 5.44. The molecule has 0 amide bonds. The van der Waals surface area contributed by atoms with Crippen LogP contribution in [-0.2, 0) is 14.7 Å². The van der Waals surface area contributed by atoms with Crippen LogP contribution in [0.15, 0.2) is 84.9 Å². The highest BCUT2D eigenvalue weighted by Crippen LogP contribution is 2.79. The minimum Gasteiger partial charge on any atom is -0.399 e. The van der Waals surface area contributed by atoms with Crippen molar-refractivity contribution in [2.24, 2.45) is 16.7 Å². The van der Waals surface area contributed by atoms with E-state index in [2.05, 4.69) is 133 Å². The number of benzene rings is 3. The van der Waals surface area contributed by atoms with Crippen LogP contribution in [0.2, 0.25) is 0 Å². The third-order valence-electron chi connectivity index (χ3n) is 11.3. The van der Waals surface area contributed by atoms with Crippen LogP contribution in [-0.4, -0.2) is 18.3 Å². The predicted molar refractivity (Wildman–Crippen MR) is 153 cm³/mol. The second-order valence-corrected chi connectivity index (χ2v) is 13.5. The molecule has 0 spiro atoms. The van der Waals surface area contributed by atoms with Crippen molar-refractivity contribution in [2.75, 3.05) is 0 Å². The average Bonchev–Trinajstić information content (AvgIpc) is 3.32. The quantitative estimate of drug-likeness (QED) is 0.351. The second-order valence-electron chi connectivity index (χ2n) is 13.5. The molecule has 0 radical (unpaired) electrons. The summed E-state index contributed by atoms with van der Waals surface area (Å²) in [5.41, 5.74) is 4.89. The van der Waals surface area contributed by atoms with E-state index in [1.54, 1.807) is 0 Å². The summed E-state index contributed by atoms with van der Waals surface area (Å²) in [6.45, 7) is 16.1. The SMILES string of the molecule is CC1(C)OB(c2ccc(C3(c4ccccc4)C(c4ccccc4)C4CCC3(C)C4(C)C)cc2)OC1(C)C. The van der Waals surface area contributed by atoms with E-state index in [1.165, 1.54) is 29.5 Å². The highest BCUT2D eigenvalue weighted by molar-refractivity contribution is 6.62. The molecule has 1 aliphatic heterocycles. The Hall–Kier alpha value is -2.36. The van der Waals surface area contributed by atoms with Gasteiger partial charge in [0.2, 0.25) is 0 Å². The lowest BCUT2D eigenvalue weighted by molar-refractivity contribution is 0.00578. The summed E-state index contributed by atoms with van der Waals surface area (Å²) in [5, 5.41) is 0. The zero-order chi connectivity index (χ0) is 26.3. The van der Waals surface area contributed by atoms with Gasteiger partial charge in [0.25, 0.3) is 0 Å². The van der Waals surface area contributed by atoms with Crippen molar-refractivity contribution in [1.29, 1.82) is 0 Å². The van der Waals surface area contributed by atoms with Gasteiger partial charge in [0.1, 0.15) is 0 Å². The Morgan fingerprint density at radius 1 is 0.649 bits per heavy atom. The topological polar surface area (TPSA) is 18.5 Å². The first-order valence-electron chi connectivity index (χ1n) is 14.0. The van der Waals surface area contributed by atoms with E-state index in [9.17, 15) is 0 Å². The van der Waals surface area contributed by atoms with Crippen LogP contribution in [0.25, 0.3) is 0 Å². The van der Waals surface area contributed by atoms with Crippen LogP contribution in [0.4, 0.5) is 0 Å². The lowest BCUT2D eigenvalue weighted by Crippen LogP contribution is -2.49. The average molecular weight is 493 g/mol. The molecule has 37 heavy (non-hydrogen) atoms. The van der Waals surface area contributed by atoms with Crippen molar-refractivity contribution in [3.05, 3.63) is 102 Å². The lowest BCUT2D eigenvalue weighted by Gasteiger charge is -2.53. The van der Waals surface area contributed by atoms with Crippen molar-refractivity contribution in [3.63, 3.8) is 0 Å². The van der Waals surface area contributed by atoms with Crippen molar-refractivity contribution < 1.29 is 9.31 Å². The summed E-state index contributed by atoms with van der Waals surface area (Å²) in [7, 11) is -0.344. The predicted octanol–water partition coefficient (Wildman–Crippen LogP) is 7.51. The Labute approximate surface area is 223 Å². The van der Waals surface area contributed by atoms with Crippen LogP contribution in [0.1, 0.15) is 83.9 Å². The van der Waals surface area contributed by atoms with Crippen LogP contribution in [0.3, 0.4) is 0 Å². The van der Waals surface area contributed by atoms with Crippen molar-refractivity contribution in [3.8, 4) is 0 Å². The van der Waals surface area contributed by atoms with E-state index < -0.39 is 0 Å². The first kappa shape index (κ1) is 25.0. The first-order valence-corrected chi connectivity index (χ1v) is 14.0. The summed E-state index contributed by atoms with van der Waals surface area (Å²) in [6.07, 6.45) is 2.52. The van der Waals surface area contributed by atoms with Crippen molar-refractivity contribution in [2.45, 2.75) is 83.8 Å². The molecule has 2 nitrogen and oxygen atoms in total. The molecule has 3 aliphatic rings. The monoisotopic (exact) mass is 492 g/mol. The van der Waals surface area contributed by atoms with Gasteiger partial charge in [0.05, 0.1) is 11.2 Å². The first-order chi connectivity index (χ1) is 17.5. The molecule has 1 saturated heterocycles. The Morgan fingerprint density at radius 3 is 1.73 bits per heavy atom. The molecule has 6 rings (SSSR count). The summed E-state index contributed by atoms with van der Waals surface area (Å²) in [6, 6.07) is 31.9. The largest absolute Gasteiger partial charge is 0.494 e. The zero-order valence-corrected chi connectivity index (χ0v) is 23.5. The maximum Gasteiger partial charge on any atom is 0.494 e. The van der Waals surface area contributed by atoms with Crippen molar-refractivity contribution >= 4 is 12.6 Å². The summed E-state index contributed by atoms with van der Waals surface area (Å²) < 4.78 is 12.8. The lowest BCUT2D eigenvalue weighted by atomic mass is 9.50. The van der Waals surface area contributed by atoms with E-state index >= 15 is 0 Å². The Bertz CT molecular complexity index is 1260. The fourth-order valence-electron chi connectivity index (χ4n) is 8.36. The molecular formula is C34H41BO2. The van der Waals surface area contributed by atoms with Gasteiger partial charge in [0.15, 0.2) is 0 Å². The smallest absolute Gasteiger partial charge is 0.399 e. The highest BCUT2D eigenvalue weighted by atomic mass is 16.7. The maximum absolute atomic E-state index is 6.40. The molecular weight excluding hydrogens is 451 g/mol. The van der Waals surface area contributed by atoms with Crippen LogP contribution < -0.4 is 5.46 Å². The number of hydrogen-bond donors (Lipinski definition) is 0.